The molecular formula is C12H17N5O. The van der Waals surface area contributed by atoms with Crippen molar-refractivity contribution in [2.45, 2.75) is 13.0 Å². The molecule has 0 saturated carbocycles. The summed E-state index contributed by atoms with van der Waals surface area (Å²) in [4.78, 5) is 8.27. The number of anilines is 2. The van der Waals surface area contributed by atoms with Crippen LogP contribution in [0.3, 0.4) is 0 Å². The lowest BCUT2D eigenvalue weighted by molar-refractivity contribution is 0.518. The standard InChI is InChI=1S/C12H17N5O/c13-4-2-5-14-11-7-12(17-9-16-11)15-8-10-3-1-6-18-10/h1,3,6-7,9H,2,4-5,8,13H2,(H2,14,15,16,17). The van der Waals surface area contributed by atoms with Gasteiger partial charge in [-0.15, -0.1) is 0 Å². The summed E-state index contributed by atoms with van der Waals surface area (Å²) in [6, 6.07) is 5.63. The molecule has 4 N–H and O–H groups in total. The summed E-state index contributed by atoms with van der Waals surface area (Å²) in [7, 11) is 0. The Morgan fingerprint density at radius 2 is 2.06 bits per heavy atom. The Bertz CT molecular complexity index is 457. The number of aromatic nitrogens is 2. The number of nitrogens with zero attached hydrogens (tertiary/aromatic N) is 2. The largest absolute Gasteiger partial charge is 0.467 e. The van der Waals surface area contributed by atoms with Crippen LogP contribution in [0.2, 0.25) is 0 Å². The number of nitrogens with two attached hydrogens (primary N) is 1. The molecule has 0 bridgehead atoms. The number of hydrogen-bond donors (Lipinski definition) is 3. The fraction of sp³-hybridized carbons (Fsp3) is 0.333. The molecule has 18 heavy (non-hydrogen) atoms. The van der Waals surface area contributed by atoms with E-state index in [1.807, 2.05) is 18.2 Å². The molecule has 2 aromatic rings. The zero-order valence-corrected chi connectivity index (χ0v) is 10.1. The van der Waals surface area contributed by atoms with Crippen molar-refractivity contribution in [1.29, 1.82) is 0 Å². The van der Waals surface area contributed by atoms with E-state index in [-0.39, 0.29) is 0 Å². The first kappa shape index (κ1) is 12.4. The van der Waals surface area contributed by atoms with Crippen LogP contribution < -0.4 is 16.4 Å². The first-order valence-corrected chi connectivity index (χ1v) is 5.91. The van der Waals surface area contributed by atoms with Gasteiger partial charge in [0.25, 0.3) is 0 Å². The quantitative estimate of drug-likeness (QED) is 0.642. The summed E-state index contributed by atoms with van der Waals surface area (Å²) in [6.45, 7) is 2.08. The molecule has 0 spiro atoms. The van der Waals surface area contributed by atoms with Crippen LogP contribution in [0, 0.1) is 0 Å². The monoisotopic (exact) mass is 247 g/mol. The van der Waals surface area contributed by atoms with Crippen molar-refractivity contribution in [3.63, 3.8) is 0 Å². The summed E-state index contributed by atoms with van der Waals surface area (Å²) in [5, 5.41) is 6.35. The van der Waals surface area contributed by atoms with Crippen LogP contribution in [-0.2, 0) is 6.54 Å². The van der Waals surface area contributed by atoms with Crippen LogP contribution >= 0.6 is 0 Å². The van der Waals surface area contributed by atoms with E-state index in [4.69, 9.17) is 10.2 Å². The second kappa shape index (κ2) is 6.61. The van der Waals surface area contributed by atoms with Crippen molar-refractivity contribution in [2.75, 3.05) is 23.7 Å². The molecule has 96 valence electrons. The lowest BCUT2D eigenvalue weighted by Gasteiger charge is -2.07. The molecule has 0 fully saturated rings. The molecule has 0 aromatic carbocycles. The van der Waals surface area contributed by atoms with Gasteiger partial charge >= 0.3 is 0 Å². The summed E-state index contributed by atoms with van der Waals surface area (Å²) >= 11 is 0. The molecule has 6 heteroatoms. The van der Waals surface area contributed by atoms with Crippen molar-refractivity contribution in [3.05, 3.63) is 36.5 Å². The molecule has 6 nitrogen and oxygen atoms in total. The highest BCUT2D eigenvalue weighted by atomic mass is 16.3. The van der Waals surface area contributed by atoms with E-state index in [1.54, 1.807) is 6.26 Å². The number of furan rings is 1. The molecule has 0 amide bonds. The highest BCUT2D eigenvalue weighted by Crippen LogP contribution is 2.10. The SMILES string of the molecule is NCCCNc1cc(NCc2ccco2)ncn1. The fourth-order valence-electron chi connectivity index (χ4n) is 1.46. The van der Waals surface area contributed by atoms with Crippen LogP contribution in [0.1, 0.15) is 12.2 Å². The summed E-state index contributed by atoms with van der Waals surface area (Å²) < 4.78 is 5.23. The van der Waals surface area contributed by atoms with E-state index in [1.165, 1.54) is 6.33 Å². The lowest BCUT2D eigenvalue weighted by atomic mass is 10.4. The Morgan fingerprint density at radius 3 is 2.78 bits per heavy atom. The number of nitrogens with one attached hydrogen (secondary N) is 2. The number of rotatable bonds is 7. The average Bonchev–Trinajstić information content (AvgIpc) is 2.90. The molecule has 2 rings (SSSR count). The van der Waals surface area contributed by atoms with Crippen molar-refractivity contribution in [3.8, 4) is 0 Å². The lowest BCUT2D eigenvalue weighted by Crippen LogP contribution is -2.10. The second-order valence-electron chi connectivity index (χ2n) is 3.79. The van der Waals surface area contributed by atoms with Gasteiger partial charge in [0, 0.05) is 12.6 Å². The molecule has 0 aliphatic carbocycles. The van der Waals surface area contributed by atoms with Crippen LogP contribution in [0.15, 0.2) is 35.2 Å². The van der Waals surface area contributed by atoms with E-state index in [9.17, 15) is 0 Å². The van der Waals surface area contributed by atoms with Crippen molar-refractivity contribution < 1.29 is 4.42 Å². The third kappa shape index (κ3) is 3.74. The first-order chi connectivity index (χ1) is 8.88. The Kier molecular flexibility index (Phi) is 4.54. The maximum absolute atomic E-state index is 5.43. The van der Waals surface area contributed by atoms with Gasteiger partial charge in [-0.05, 0) is 25.1 Å². The van der Waals surface area contributed by atoms with Gasteiger partial charge in [-0.3, -0.25) is 0 Å². The number of hydrogen-bond acceptors (Lipinski definition) is 6. The van der Waals surface area contributed by atoms with Crippen LogP contribution in [-0.4, -0.2) is 23.1 Å². The molecule has 0 radical (unpaired) electrons. The van der Waals surface area contributed by atoms with Crippen molar-refractivity contribution in [1.82, 2.24) is 9.97 Å². The van der Waals surface area contributed by atoms with Crippen LogP contribution in [0.25, 0.3) is 0 Å². The van der Waals surface area contributed by atoms with E-state index >= 15 is 0 Å². The Balaban J connectivity index is 1.86. The van der Waals surface area contributed by atoms with E-state index in [0.717, 1.165) is 30.4 Å². The molecule has 0 atom stereocenters. The normalized spacial score (nSPS) is 10.3. The minimum atomic E-state index is 0.603. The summed E-state index contributed by atoms with van der Waals surface area (Å²) in [6.07, 6.45) is 4.09. The van der Waals surface area contributed by atoms with Crippen molar-refractivity contribution in [2.24, 2.45) is 5.73 Å². The molecule has 0 aliphatic heterocycles. The van der Waals surface area contributed by atoms with Crippen LogP contribution in [0.4, 0.5) is 11.6 Å². The smallest absolute Gasteiger partial charge is 0.131 e. The van der Waals surface area contributed by atoms with E-state index in [2.05, 4.69) is 20.6 Å². The van der Waals surface area contributed by atoms with Gasteiger partial charge in [-0.25, -0.2) is 9.97 Å². The Hall–Kier alpha value is -2.08. The third-order valence-corrected chi connectivity index (χ3v) is 2.38. The molecule has 2 heterocycles. The van der Waals surface area contributed by atoms with Gasteiger partial charge in [0.2, 0.25) is 0 Å². The Morgan fingerprint density at radius 1 is 1.22 bits per heavy atom. The first-order valence-electron chi connectivity index (χ1n) is 5.91. The van der Waals surface area contributed by atoms with Gasteiger partial charge in [0.05, 0.1) is 12.8 Å². The molecular weight excluding hydrogens is 230 g/mol. The predicted octanol–water partition coefficient (Wildman–Crippen LogP) is 1.44. The summed E-state index contributed by atoms with van der Waals surface area (Å²) in [5.74, 6) is 2.42. The minimum Gasteiger partial charge on any atom is -0.467 e. The van der Waals surface area contributed by atoms with Gasteiger partial charge in [0.1, 0.15) is 23.7 Å². The van der Waals surface area contributed by atoms with Gasteiger partial charge in [-0.1, -0.05) is 0 Å². The Labute approximate surface area is 106 Å². The van der Waals surface area contributed by atoms with Gasteiger partial charge < -0.3 is 20.8 Å². The molecule has 0 saturated heterocycles. The van der Waals surface area contributed by atoms with Gasteiger partial charge in [-0.2, -0.15) is 0 Å². The highest BCUT2D eigenvalue weighted by Gasteiger charge is 1.99. The fourth-order valence-corrected chi connectivity index (χ4v) is 1.46. The average molecular weight is 247 g/mol. The summed E-state index contributed by atoms with van der Waals surface area (Å²) in [5.41, 5.74) is 5.43. The zero-order chi connectivity index (χ0) is 12.6. The topological polar surface area (TPSA) is 89.0 Å². The maximum atomic E-state index is 5.43. The van der Waals surface area contributed by atoms with E-state index in [0.29, 0.717) is 13.1 Å². The maximum Gasteiger partial charge on any atom is 0.131 e. The van der Waals surface area contributed by atoms with E-state index < -0.39 is 0 Å². The highest BCUT2D eigenvalue weighted by molar-refractivity contribution is 5.46. The van der Waals surface area contributed by atoms with Gasteiger partial charge in [0.15, 0.2) is 0 Å². The third-order valence-electron chi connectivity index (χ3n) is 2.38. The van der Waals surface area contributed by atoms with Crippen LogP contribution in [0.5, 0.6) is 0 Å². The minimum absolute atomic E-state index is 0.603. The van der Waals surface area contributed by atoms with Crippen molar-refractivity contribution >= 4 is 11.6 Å². The zero-order valence-electron chi connectivity index (χ0n) is 10.1. The second-order valence-corrected chi connectivity index (χ2v) is 3.79. The molecule has 0 aliphatic rings. The molecule has 0 unspecified atom stereocenters. The predicted molar refractivity (Wildman–Crippen MR) is 70.2 cm³/mol. The molecule has 2 aromatic heterocycles.